The average Bonchev–Trinajstić information content (AvgIpc) is 2.81. The summed E-state index contributed by atoms with van der Waals surface area (Å²) in [6, 6.07) is 21.3. The van der Waals surface area contributed by atoms with Crippen LogP contribution in [0, 0.1) is 18.8 Å². The molecule has 0 N–H and O–H groups in total. The molecule has 0 aromatic heterocycles. The number of hydrogen-bond acceptors (Lipinski definition) is 4. The van der Waals surface area contributed by atoms with Crippen LogP contribution in [0.1, 0.15) is 27.0 Å². The van der Waals surface area contributed by atoms with Gasteiger partial charge in [0.1, 0.15) is 5.75 Å². The fourth-order valence-electron chi connectivity index (χ4n) is 2.96. The lowest BCUT2D eigenvalue weighted by Gasteiger charge is -2.10. The number of methoxy groups -OCH3 is 2. The lowest BCUT2D eigenvalue weighted by Crippen LogP contribution is -2.00. The van der Waals surface area contributed by atoms with Crippen molar-refractivity contribution in [2.45, 2.75) is 6.92 Å². The van der Waals surface area contributed by atoms with E-state index in [2.05, 4.69) is 43.0 Å². The summed E-state index contributed by atoms with van der Waals surface area (Å²) < 4.78 is 15.3. The van der Waals surface area contributed by atoms with Crippen molar-refractivity contribution in [2.75, 3.05) is 21.0 Å². The number of hydrogen-bond donors (Lipinski definition) is 0. The predicted octanol–water partition coefficient (Wildman–Crippen LogP) is 5.50. The van der Waals surface area contributed by atoms with Crippen molar-refractivity contribution in [2.24, 2.45) is 0 Å². The number of aryl methyl sites for hydroxylation is 1. The van der Waals surface area contributed by atoms with Crippen molar-refractivity contribution in [3.8, 4) is 28.7 Å². The second kappa shape index (κ2) is 10.8. The molecule has 31 heavy (non-hydrogen) atoms. The third-order valence-electron chi connectivity index (χ3n) is 4.60. The van der Waals surface area contributed by atoms with E-state index in [1.807, 2.05) is 24.3 Å². The molecule has 0 spiro atoms. The van der Waals surface area contributed by atoms with Gasteiger partial charge in [0.05, 0.1) is 12.7 Å². The lowest BCUT2D eigenvalue weighted by atomic mass is 9.98. The standard InChI is InChI=1S/C27H24O4/c1-20-8-12-22(13-9-20)26-17-16-25(31-19-29-2)18-24(26)7-5-4-6-21-10-14-23(15-11-21)27(28)30-3/h5,7-18H,19H2,1-3H3. The fourth-order valence-corrected chi connectivity index (χ4v) is 2.96. The summed E-state index contributed by atoms with van der Waals surface area (Å²) in [6.45, 7) is 2.26. The summed E-state index contributed by atoms with van der Waals surface area (Å²) in [5, 5.41) is 0. The Hall–Kier alpha value is -3.81. The smallest absolute Gasteiger partial charge is 0.337 e. The number of ether oxygens (including phenoxy) is 3. The van der Waals surface area contributed by atoms with Gasteiger partial charge >= 0.3 is 5.97 Å². The van der Waals surface area contributed by atoms with Crippen molar-refractivity contribution < 1.29 is 19.0 Å². The Morgan fingerprint density at radius 3 is 2.39 bits per heavy atom. The molecule has 3 aromatic rings. The van der Waals surface area contributed by atoms with Crippen LogP contribution in [0.4, 0.5) is 0 Å². The van der Waals surface area contributed by atoms with Gasteiger partial charge in [0, 0.05) is 12.7 Å². The first-order valence-corrected chi connectivity index (χ1v) is 9.80. The van der Waals surface area contributed by atoms with E-state index in [1.165, 1.54) is 12.7 Å². The molecule has 3 aromatic carbocycles. The maximum atomic E-state index is 11.5. The first-order valence-electron chi connectivity index (χ1n) is 9.80. The van der Waals surface area contributed by atoms with Crippen LogP contribution in [0.15, 0.2) is 72.8 Å². The summed E-state index contributed by atoms with van der Waals surface area (Å²) in [7, 11) is 2.95. The Morgan fingerprint density at radius 1 is 0.968 bits per heavy atom. The van der Waals surface area contributed by atoms with Crippen LogP contribution in [-0.4, -0.2) is 27.0 Å². The van der Waals surface area contributed by atoms with Gasteiger partial charge in [0.15, 0.2) is 6.79 Å². The van der Waals surface area contributed by atoms with E-state index in [4.69, 9.17) is 14.2 Å². The maximum Gasteiger partial charge on any atom is 0.337 e. The number of carbonyl (C=O) groups is 1. The van der Waals surface area contributed by atoms with Crippen LogP contribution in [0.2, 0.25) is 0 Å². The zero-order valence-electron chi connectivity index (χ0n) is 17.8. The van der Waals surface area contributed by atoms with Crippen molar-refractivity contribution in [1.29, 1.82) is 0 Å². The molecule has 0 saturated heterocycles. The molecular weight excluding hydrogens is 388 g/mol. The van der Waals surface area contributed by atoms with E-state index in [0.717, 1.165) is 28.0 Å². The summed E-state index contributed by atoms with van der Waals surface area (Å²) in [5.41, 5.74) is 5.73. The highest BCUT2D eigenvalue weighted by Crippen LogP contribution is 2.29. The third kappa shape index (κ3) is 6.08. The van der Waals surface area contributed by atoms with Crippen LogP contribution in [0.3, 0.4) is 0 Å². The Morgan fingerprint density at radius 2 is 1.71 bits per heavy atom. The quantitative estimate of drug-likeness (QED) is 0.305. The highest BCUT2D eigenvalue weighted by molar-refractivity contribution is 5.89. The summed E-state index contributed by atoms with van der Waals surface area (Å²) in [5.74, 6) is 6.49. The number of allylic oxidation sites excluding steroid dienone is 1. The zero-order chi connectivity index (χ0) is 22.1. The lowest BCUT2D eigenvalue weighted by molar-refractivity contribution is 0.0511. The molecule has 3 rings (SSSR count). The Bertz CT molecular complexity index is 1110. The normalized spacial score (nSPS) is 10.4. The van der Waals surface area contributed by atoms with Gasteiger partial charge < -0.3 is 14.2 Å². The fraction of sp³-hybridized carbons (Fsp3) is 0.148. The van der Waals surface area contributed by atoms with Crippen LogP contribution in [0.5, 0.6) is 5.75 Å². The second-order valence-electron chi connectivity index (χ2n) is 6.84. The van der Waals surface area contributed by atoms with Gasteiger partial charge in [-0.3, -0.25) is 0 Å². The number of rotatable bonds is 6. The highest BCUT2D eigenvalue weighted by Gasteiger charge is 2.06. The molecule has 0 amide bonds. The Balaban J connectivity index is 1.84. The molecule has 0 aliphatic heterocycles. The van der Waals surface area contributed by atoms with Gasteiger partial charge in [-0.1, -0.05) is 47.7 Å². The van der Waals surface area contributed by atoms with E-state index in [0.29, 0.717) is 5.56 Å². The molecule has 0 bridgehead atoms. The van der Waals surface area contributed by atoms with E-state index >= 15 is 0 Å². The SMILES string of the molecule is COCOc1ccc(-c2ccc(C)cc2)c(C=CC#Cc2ccc(C(=O)OC)cc2)c1. The maximum absolute atomic E-state index is 11.5. The number of esters is 1. The summed E-state index contributed by atoms with van der Waals surface area (Å²) >= 11 is 0. The minimum atomic E-state index is -0.362. The molecule has 0 heterocycles. The molecule has 4 nitrogen and oxygen atoms in total. The van der Waals surface area contributed by atoms with Crippen LogP contribution in [0.25, 0.3) is 17.2 Å². The minimum absolute atomic E-state index is 0.189. The van der Waals surface area contributed by atoms with Crippen LogP contribution >= 0.6 is 0 Å². The topological polar surface area (TPSA) is 44.8 Å². The summed E-state index contributed by atoms with van der Waals surface area (Å²) in [6.07, 6.45) is 3.77. The minimum Gasteiger partial charge on any atom is -0.468 e. The van der Waals surface area contributed by atoms with Crippen LogP contribution in [-0.2, 0) is 9.47 Å². The molecule has 0 atom stereocenters. The first kappa shape index (κ1) is 21.9. The number of carbonyl (C=O) groups excluding carboxylic acids is 1. The average molecular weight is 412 g/mol. The van der Waals surface area contributed by atoms with E-state index in [1.54, 1.807) is 37.5 Å². The Labute approximate surface area is 183 Å². The van der Waals surface area contributed by atoms with Gasteiger partial charge in [-0.2, -0.15) is 0 Å². The Kier molecular flexibility index (Phi) is 7.64. The molecule has 0 fully saturated rings. The molecule has 0 saturated carbocycles. The third-order valence-corrected chi connectivity index (χ3v) is 4.60. The first-order chi connectivity index (χ1) is 15.1. The van der Waals surface area contributed by atoms with Crippen molar-refractivity contribution in [1.82, 2.24) is 0 Å². The zero-order valence-corrected chi connectivity index (χ0v) is 17.8. The molecule has 0 unspecified atom stereocenters. The van der Waals surface area contributed by atoms with Crippen molar-refractivity contribution >= 4 is 12.0 Å². The van der Waals surface area contributed by atoms with Gasteiger partial charge in [-0.05, 0) is 72.2 Å². The van der Waals surface area contributed by atoms with Crippen LogP contribution < -0.4 is 4.74 Å². The van der Waals surface area contributed by atoms with Gasteiger partial charge in [-0.25, -0.2) is 4.79 Å². The molecule has 156 valence electrons. The van der Waals surface area contributed by atoms with Gasteiger partial charge in [0.25, 0.3) is 0 Å². The van der Waals surface area contributed by atoms with Crippen molar-refractivity contribution in [3.05, 3.63) is 95.1 Å². The number of benzene rings is 3. The molecule has 0 radical (unpaired) electrons. The molecule has 0 aliphatic carbocycles. The summed E-state index contributed by atoms with van der Waals surface area (Å²) in [4.78, 5) is 11.5. The predicted molar refractivity (Wildman–Crippen MR) is 123 cm³/mol. The highest BCUT2D eigenvalue weighted by atomic mass is 16.7. The molecule has 4 heteroatoms. The van der Waals surface area contributed by atoms with Gasteiger partial charge in [0.2, 0.25) is 0 Å². The van der Waals surface area contributed by atoms with Gasteiger partial charge in [-0.15, -0.1) is 0 Å². The van der Waals surface area contributed by atoms with E-state index < -0.39 is 0 Å². The second-order valence-corrected chi connectivity index (χ2v) is 6.84. The van der Waals surface area contributed by atoms with E-state index in [9.17, 15) is 4.79 Å². The molecule has 0 aliphatic rings. The largest absolute Gasteiger partial charge is 0.468 e. The molecular formula is C27H24O4. The van der Waals surface area contributed by atoms with E-state index in [-0.39, 0.29) is 12.8 Å². The van der Waals surface area contributed by atoms with Crippen molar-refractivity contribution in [3.63, 3.8) is 0 Å². The monoisotopic (exact) mass is 412 g/mol.